The van der Waals surface area contributed by atoms with Crippen molar-refractivity contribution in [1.82, 2.24) is 10.2 Å². The third-order valence-electron chi connectivity index (χ3n) is 3.28. The van der Waals surface area contributed by atoms with Gasteiger partial charge >= 0.3 is 0 Å². The highest BCUT2D eigenvalue weighted by molar-refractivity contribution is 5.81. The lowest BCUT2D eigenvalue weighted by molar-refractivity contribution is 0.317. The van der Waals surface area contributed by atoms with Crippen LogP contribution in [0, 0.1) is 6.92 Å². The SMILES string of the molecule is CCCOc1ccc(CNC2=NCCN2C)c(C)c1. The summed E-state index contributed by atoms with van der Waals surface area (Å²) in [5.41, 5.74) is 2.54. The van der Waals surface area contributed by atoms with E-state index in [9.17, 15) is 0 Å². The van der Waals surface area contributed by atoms with Gasteiger partial charge in [-0.15, -0.1) is 0 Å². The number of nitrogens with zero attached hydrogens (tertiary/aromatic N) is 2. The number of aliphatic imine (C=N–C) groups is 1. The fourth-order valence-electron chi connectivity index (χ4n) is 2.07. The molecular weight excluding hydrogens is 238 g/mol. The van der Waals surface area contributed by atoms with Crippen LogP contribution < -0.4 is 10.1 Å². The summed E-state index contributed by atoms with van der Waals surface area (Å²) >= 11 is 0. The first-order valence-corrected chi connectivity index (χ1v) is 6.92. The van der Waals surface area contributed by atoms with Crippen LogP contribution in [0.4, 0.5) is 0 Å². The van der Waals surface area contributed by atoms with Gasteiger partial charge in [0, 0.05) is 20.1 Å². The summed E-state index contributed by atoms with van der Waals surface area (Å²) in [6.07, 6.45) is 1.04. The van der Waals surface area contributed by atoms with Gasteiger partial charge < -0.3 is 15.0 Å². The van der Waals surface area contributed by atoms with Gasteiger partial charge in [-0.1, -0.05) is 13.0 Å². The molecule has 1 aromatic carbocycles. The van der Waals surface area contributed by atoms with Crippen molar-refractivity contribution < 1.29 is 4.74 Å². The Morgan fingerprint density at radius 1 is 1.42 bits per heavy atom. The molecule has 104 valence electrons. The molecule has 0 atom stereocenters. The molecule has 0 fully saturated rings. The number of guanidine groups is 1. The predicted octanol–water partition coefficient (Wildman–Crippen LogP) is 2.17. The molecule has 0 amide bonds. The molecule has 19 heavy (non-hydrogen) atoms. The summed E-state index contributed by atoms with van der Waals surface area (Å²) in [7, 11) is 2.06. The number of rotatable bonds is 5. The van der Waals surface area contributed by atoms with Gasteiger partial charge in [-0.05, 0) is 36.6 Å². The zero-order valence-corrected chi connectivity index (χ0v) is 12.1. The van der Waals surface area contributed by atoms with Crippen LogP contribution >= 0.6 is 0 Å². The molecule has 0 saturated heterocycles. The van der Waals surface area contributed by atoms with E-state index in [4.69, 9.17) is 4.74 Å². The van der Waals surface area contributed by atoms with Crippen molar-refractivity contribution >= 4 is 5.96 Å². The highest BCUT2D eigenvalue weighted by atomic mass is 16.5. The molecule has 0 spiro atoms. The molecule has 0 bridgehead atoms. The van der Waals surface area contributed by atoms with Crippen molar-refractivity contribution in [1.29, 1.82) is 0 Å². The van der Waals surface area contributed by atoms with E-state index in [1.165, 1.54) is 11.1 Å². The lowest BCUT2D eigenvalue weighted by Crippen LogP contribution is -2.35. The Morgan fingerprint density at radius 2 is 2.26 bits per heavy atom. The molecule has 1 heterocycles. The van der Waals surface area contributed by atoms with E-state index in [2.05, 4.69) is 48.2 Å². The molecule has 4 heteroatoms. The number of benzene rings is 1. The second kappa shape index (κ2) is 6.45. The molecular formula is C15H23N3O. The highest BCUT2D eigenvalue weighted by Gasteiger charge is 2.11. The van der Waals surface area contributed by atoms with Crippen LogP contribution in [0.25, 0.3) is 0 Å². The van der Waals surface area contributed by atoms with Crippen LogP contribution in [0.2, 0.25) is 0 Å². The summed E-state index contributed by atoms with van der Waals surface area (Å²) in [6, 6.07) is 6.27. The van der Waals surface area contributed by atoms with Crippen LogP contribution in [-0.4, -0.2) is 37.6 Å². The van der Waals surface area contributed by atoms with Gasteiger partial charge in [0.05, 0.1) is 13.2 Å². The average Bonchev–Trinajstić information content (AvgIpc) is 2.81. The molecule has 0 unspecified atom stereocenters. The Kier molecular flexibility index (Phi) is 4.66. The zero-order chi connectivity index (χ0) is 13.7. The molecule has 0 radical (unpaired) electrons. The monoisotopic (exact) mass is 261 g/mol. The lowest BCUT2D eigenvalue weighted by Gasteiger charge is -2.16. The maximum absolute atomic E-state index is 5.63. The van der Waals surface area contributed by atoms with Crippen LogP contribution in [-0.2, 0) is 6.54 Å². The van der Waals surface area contributed by atoms with Gasteiger partial charge in [0.1, 0.15) is 5.75 Å². The molecule has 0 aromatic heterocycles. The lowest BCUT2D eigenvalue weighted by atomic mass is 10.1. The van der Waals surface area contributed by atoms with Gasteiger partial charge in [-0.2, -0.15) is 0 Å². The Labute approximate surface area is 115 Å². The first-order chi connectivity index (χ1) is 9.20. The maximum atomic E-state index is 5.63. The van der Waals surface area contributed by atoms with E-state index in [-0.39, 0.29) is 0 Å². The minimum atomic E-state index is 0.776. The Bertz CT molecular complexity index is 457. The van der Waals surface area contributed by atoms with E-state index in [1.54, 1.807) is 0 Å². The van der Waals surface area contributed by atoms with Gasteiger partial charge in [0.25, 0.3) is 0 Å². The van der Waals surface area contributed by atoms with Crippen molar-refractivity contribution in [2.75, 3.05) is 26.7 Å². The summed E-state index contributed by atoms with van der Waals surface area (Å²) in [5.74, 6) is 1.95. The Hall–Kier alpha value is -1.71. The van der Waals surface area contributed by atoms with Crippen molar-refractivity contribution in [3.63, 3.8) is 0 Å². The molecule has 1 aliphatic rings. The zero-order valence-electron chi connectivity index (χ0n) is 12.1. The van der Waals surface area contributed by atoms with Crippen molar-refractivity contribution in [3.05, 3.63) is 29.3 Å². The van der Waals surface area contributed by atoms with Crippen LogP contribution in [0.3, 0.4) is 0 Å². The summed E-state index contributed by atoms with van der Waals surface area (Å²) in [5, 5.41) is 3.39. The first-order valence-electron chi connectivity index (χ1n) is 6.92. The quantitative estimate of drug-likeness (QED) is 0.882. The highest BCUT2D eigenvalue weighted by Crippen LogP contribution is 2.17. The van der Waals surface area contributed by atoms with Crippen LogP contribution in [0.1, 0.15) is 24.5 Å². The molecule has 1 aliphatic heterocycles. The average molecular weight is 261 g/mol. The fourth-order valence-corrected chi connectivity index (χ4v) is 2.07. The van der Waals surface area contributed by atoms with E-state index in [0.29, 0.717) is 0 Å². The van der Waals surface area contributed by atoms with E-state index < -0.39 is 0 Å². The van der Waals surface area contributed by atoms with Crippen LogP contribution in [0.15, 0.2) is 23.2 Å². The molecule has 2 rings (SSSR count). The van der Waals surface area contributed by atoms with Gasteiger partial charge in [-0.25, -0.2) is 0 Å². The largest absolute Gasteiger partial charge is 0.494 e. The summed E-state index contributed by atoms with van der Waals surface area (Å²) < 4.78 is 5.63. The molecule has 0 saturated carbocycles. The standard InChI is InChI=1S/C15H23N3O/c1-4-9-19-14-6-5-13(12(2)10-14)11-17-15-16-7-8-18(15)3/h5-6,10H,4,7-9,11H2,1-3H3,(H,16,17). The molecule has 1 aromatic rings. The number of likely N-dealkylation sites (N-methyl/N-ethyl adjacent to an activating group) is 1. The number of hydrogen-bond acceptors (Lipinski definition) is 4. The second-order valence-electron chi connectivity index (χ2n) is 4.92. The Balaban J connectivity index is 1.93. The van der Waals surface area contributed by atoms with Crippen molar-refractivity contribution in [3.8, 4) is 5.75 Å². The number of aryl methyl sites for hydroxylation is 1. The van der Waals surface area contributed by atoms with Gasteiger partial charge in [-0.3, -0.25) is 4.99 Å². The second-order valence-corrected chi connectivity index (χ2v) is 4.92. The smallest absolute Gasteiger partial charge is 0.194 e. The molecule has 4 nitrogen and oxygen atoms in total. The third kappa shape index (κ3) is 3.63. The topological polar surface area (TPSA) is 36.9 Å². The number of hydrogen-bond donors (Lipinski definition) is 1. The Morgan fingerprint density at radius 3 is 2.89 bits per heavy atom. The van der Waals surface area contributed by atoms with E-state index >= 15 is 0 Å². The minimum Gasteiger partial charge on any atom is -0.494 e. The normalized spacial score (nSPS) is 14.5. The minimum absolute atomic E-state index is 0.776. The van der Waals surface area contributed by atoms with Crippen molar-refractivity contribution in [2.45, 2.75) is 26.8 Å². The van der Waals surface area contributed by atoms with E-state index in [0.717, 1.165) is 44.4 Å². The number of ether oxygens (including phenoxy) is 1. The third-order valence-corrected chi connectivity index (χ3v) is 3.28. The van der Waals surface area contributed by atoms with Crippen LogP contribution in [0.5, 0.6) is 5.75 Å². The fraction of sp³-hybridized carbons (Fsp3) is 0.533. The van der Waals surface area contributed by atoms with Crippen molar-refractivity contribution in [2.24, 2.45) is 4.99 Å². The van der Waals surface area contributed by atoms with Gasteiger partial charge in [0.15, 0.2) is 5.96 Å². The predicted molar refractivity (Wildman–Crippen MR) is 78.7 cm³/mol. The number of nitrogens with one attached hydrogen (secondary N) is 1. The summed E-state index contributed by atoms with van der Waals surface area (Å²) in [6.45, 7) is 7.72. The van der Waals surface area contributed by atoms with E-state index in [1.807, 2.05) is 6.07 Å². The maximum Gasteiger partial charge on any atom is 0.194 e. The molecule has 1 N–H and O–H groups in total. The van der Waals surface area contributed by atoms with Gasteiger partial charge in [0.2, 0.25) is 0 Å². The first kappa shape index (κ1) is 13.7. The summed E-state index contributed by atoms with van der Waals surface area (Å²) in [4.78, 5) is 6.57. The molecule has 0 aliphatic carbocycles.